The third-order valence-electron chi connectivity index (χ3n) is 4.51. The van der Waals surface area contributed by atoms with Gasteiger partial charge >= 0.3 is 5.97 Å². The third kappa shape index (κ3) is 1.84. The molecule has 4 nitrogen and oxygen atoms in total. The van der Waals surface area contributed by atoms with E-state index in [4.69, 9.17) is 5.11 Å². The molecule has 0 aromatic carbocycles. The van der Waals surface area contributed by atoms with E-state index in [-0.39, 0.29) is 11.8 Å². The highest BCUT2D eigenvalue weighted by atomic mass is 32.2. The maximum atomic E-state index is 12.4. The van der Waals surface area contributed by atoms with E-state index in [1.165, 1.54) is 19.3 Å². The Bertz CT molecular complexity index is 360. The molecule has 1 aliphatic heterocycles. The third-order valence-corrected chi connectivity index (χ3v) is 5.52. The minimum Gasteiger partial charge on any atom is -0.480 e. The molecule has 3 aliphatic rings. The van der Waals surface area contributed by atoms with Gasteiger partial charge in [-0.05, 0) is 31.1 Å². The Kier molecular flexibility index (Phi) is 2.81. The zero-order valence-electron chi connectivity index (χ0n) is 9.67. The van der Waals surface area contributed by atoms with Gasteiger partial charge in [0.1, 0.15) is 6.04 Å². The summed E-state index contributed by atoms with van der Waals surface area (Å²) in [5, 5.41) is 9.10. The minimum absolute atomic E-state index is 0.106. The van der Waals surface area contributed by atoms with Gasteiger partial charge in [0.25, 0.3) is 0 Å². The molecule has 5 heteroatoms. The van der Waals surface area contributed by atoms with Crippen molar-refractivity contribution in [1.29, 1.82) is 0 Å². The Morgan fingerprint density at radius 2 is 2.06 bits per heavy atom. The molecule has 1 saturated heterocycles. The summed E-state index contributed by atoms with van der Waals surface area (Å²) in [6.45, 7) is 0. The van der Waals surface area contributed by atoms with Crippen molar-refractivity contribution in [2.75, 3.05) is 11.6 Å². The lowest BCUT2D eigenvalue weighted by Crippen LogP contribution is -2.45. The summed E-state index contributed by atoms with van der Waals surface area (Å²) in [4.78, 5) is 25.1. The fourth-order valence-corrected chi connectivity index (χ4v) is 4.78. The molecule has 0 aromatic heterocycles. The van der Waals surface area contributed by atoms with E-state index in [0.29, 0.717) is 17.5 Å². The highest BCUT2D eigenvalue weighted by Gasteiger charge is 2.47. The molecule has 3 rings (SSSR count). The van der Waals surface area contributed by atoms with E-state index in [9.17, 15) is 9.59 Å². The van der Waals surface area contributed by atoms with Crippen LogP contribution in [-0.2, 0) is 9.59 Å². The number of amides is 1. The van der Waals surface area contributed by atoms with Crippen LogP contribution in [0.25, 0.3) is 0 Å². The molecule has 1 heterocycles. The second kappa shape index (κ2) is 4.19. The summed E-state index contributed by atoms with van der Waals surface area (Å²) in [5.41, 5.74) is 0. The zero-order chi connectivity index (χ0) is 12.0. The number of carbonyl (C=O) groups is 2. The van der Waals surface area contributed by atoms with Gasteiger partial charge < -0.3 is 10.0 Å². The van der Waals surface area contributed by atoms with Gasteiger partial charge in [0.2, 0.25) is 5.91 Å². The Hall–Kier alpha value is -0.710. The fourth-order valence-electron chi connectivity index (χ4n) is 3.62. The molecular formula is C12H17NO3S. The Labute approximate surface area is 105 Å². The molecular weight excluding hydrogens is 238 g/mol. The van der Waals surface area contributed by atoms with Crippen LogP contribution in [0.1, 0.15) is 25.7 Å². The quantitative estimate of drug-likeness (QED) is 0.810. The molecule has 0 radical (unpaired) electrons. The van der Waals surface area contributed by atoms with Crippen molar-refractivity contribution in [3.63, 3.8) is 0 Å². The van der Waals surface area contributed by atoms with Crippen molar-refractivity contribution in [3.8, 4) is 0 Å². The summed E-state index contributed by atoms with van der Waals surface area (Å²) < 4.78 is 0. The van der Waals surface area contributed by atoms with Crippen molar-refractivity contribution < 1.29 is 14.7 Å². The smallest absolute Gasteiger partial charge is 0.327 e. The monoisotopic (exact) mass is 255 g/mol. The number of carboxylic acid groups (broad SMARTS) is 1. The average Bonchev–Trinajstić information content (AvgIpc) is 3.02. The van der Waals surface area contributed by atoms with Crippen LogP contribution in [0.15, 0.2) is 0 Å². The molecule has 17 heavy (non-hydrogen) atoms. The topological polar surface area (TPSA) is 57.6 Å². The first kappa shape index (κ1) is 11.4. The Balaban J connectivity index is 1.71. The SMILES string of the molecule is O=C(O)[C@@H]1CSCN1C(=O)C1CC2CCC1C2. The maximum absolute atomic E-state index is 12.4. The van der Waals surface area contributed by atoms with Crippen molar-refractivity contribution in [1.82, 2.24) is 4.90 Å². The second-order valence-electron chi connectivity index (χ2n) is 5.44. The molecule has 1 N–H and O–H groups in total. The molecule has 2 aliphatic carbocycles. The fraction of sp³-hybridized carbons (Fsp3) is 0.833. The van der Waals surface area contributed by atoms with Gasteiger partial charge in [0.05, 0.1) is 5.88 Å². The molecule has 3 fully saturated rings. The number of rotatable bonds is 2. The highest BCUT2D eigenvalue weighted by molar-refractivity contribution is 7.99. The van der Waals surface area contributed by atoms with E-state index in [1.807, 2.05) is 0 Å². The van der Waals surface area contributed by atoms with Crippen LogP contribution in [0.3, 0.4) is 0 Å². The van der Waals surface area contributed by atoms with Crippen LogP contribution in [-0.4, -0.2) is 39.6 Å². The van der Waals surface area contributed by atoms with Gasteiger partial charge in [-0.1, -0.05) is 6.42 Å². The molecule has 4 atom stereocenters. The van der Waals surface area contributed by atoms with E-state index < -0.39 is 12.0 Å². The van der Waals surface area contributed by atoms with Crippen molar-refractivity contribution in [2.24, 2.45) is 17.8 Å². The van der Waals surface area contributed by atoms with Crippen molar-refractivity contribution in [3.05, 3.63) is 0 Å². The van der Waals surface area contributed by atoms with E-state index in [1.54, 1.807) is 16.7 Å². The lowest BCUT2D eigenvalue weighted by molar-refractivity contribution is -0.150. The lowest BCUT2D eigenvalue weighted by Gasteiger charge is -2.28. The minimum atomic E-state index is -0.855. The van der Waals surface area contributed by atoms with E-state index in [2.05, 4.69) is 0 Å². The normalized spacial score (nSPS) is 39.9. The van der Waals surface area contributed by atoms with Gasteiger partial charge in [-0.25, -0.2) is 4.79 Å². The number of aliphatic carboxylic acids is 1. The van der Waals surface area contributed by atoms with Crippen LogP contribution in [0, 0.1) is 17.8 Å². The Morgan fingerprint density at radius 1 is 1.24 bits per heavy atom. The predicted octanol–water partition coefficient (Wildman–Crippen LogP) is 1.41. The number of carboxylic acids is 1. The van der Waals surface area contributed by atoms with Crippen molar-refractivity contribution >= 4 is 23.6 Å². The molecule has 1 amide bonds. The summed E-state index contributed by atoms with van der Waals surface area (Å²) in [6, 6.07) is -0.591. The molecule has 2 saturated carbocycles. The van der Waals surface area contributed by atoms with Crippen LogP contribution >= 0.6 is 11.8 Å². The summed E-state index contributed by atoms with van der Waals surface area (Å²) in [7, 11) is 0. The summed E-state index contributed by atoms with van der Waals surface area (Å²) in [6.07, 6.45) is 4.62. The molecule has 0 spiro atoms. The first-order valence-electron chi connectivity index (χ1n) is 6.28. The number of hydrogen-bond acceptors (Lipinski definition) is 3. The van der Waals surface area contributed by atoms with Gasteiger partial charge in [-0.3, -0.25) is 4.79 Å². The van der Waals surface area contributed by atoms with Gasteiger partial charge in [-0.15, -0.1) is 11.8 Å². The molecule has 3 unspecified atom stereocenters. The van der Waals surface area contributed by atoms with Crippen LogP contribution in [0.2, 0.25) is 0 Å². The molecule has 0 aromatic rings. The zero-order valence-corrected chi connectivity index (χ0v) is 10.5. The predicted molar refractivity (Wildman–Crippen MR) is 64.5 cm³/mol. The van der Waals surface area contributed by atoms with Gasteiger partial charge in [0, 0.05) is 11.7 Å². The largest absolute Gasteiger partial charge is 0.480 e. The van der Waals surface area contributed by atoms with Crippen LogP contribution in [0.4, 0.5) is 0 Å². The van der Waals surface area contributed by atoms with E-state index in [0.717, 1.165) is 12.3 Å². The second-order valence-corrected chi connectivity index (χ2v) is 6.44. The number of fused-ring (bicyclic) bond motifs is 2. The van der Waals surface area contributed by atoms with E-state index >= 15 is 0 Å². The average molecular weight is 255 g/mol. The molecule has 2 bridgehead atoms. The lowest BCUT2D eigenvalue weighted by atomic mass is 9.87. The number of nitrogens with zero attached hydrogens (tertiary/aromatic N) is 1. The van der Waals surface area contributed by atoms with Gasteiger partial charge in [-0.2, -0.15) is 0 Å². The first-order chi connectivity index (χ1) is 8.16. The highest BCUT2D eigenvalue weighted by Crippen LogP contribution is 2.49. The van der Waals surface area contributed by atoms with Gasteiger partial charge in [0.15, 0.2) is 0 Å². The summed E-state index contributed by atoms with van der Waals surface area (Å²) in [5.74, 6) is 1.74. The standard InChI is InChI=1S/C12H17NO3S/c14-11(9-4-7-1-2-8(9)3-7)13-6-17-5-10(13)12(15)16/h7-10H,1-6H2,(H,15,16)/t7?,8?,9?,10-/m0/s1. The molecule has 94 valence electrons. The summed E-state index contributed by atoms with van der Waals surface area (Å²) >= 11 is 1.55. The number of carbonyl (C=O) groups excluding carboxylic acids is 1. The van der Waals surface area contributed by atoms with Crippen LogP contribution < -0.4 is 0 Å². The van der Waals surface area contributed by atoms with Crippen LogP contribution in [0.5, 0.6) is 0 Å². The number of hydrogen-bond donors (Lipinski definition) is 1. The number of thioether (sulfide) groups is 1. The Morgan fingerprint density at radius 3 is 2.65 bits per heavy atom. The van der Waals surface area contributed by atoms with Crippen molar-refractivity contribution in [2.45, 2.75) is 31.7 Å². The maximum Gasteiger partial charge on any atom is 0.327 e. The first-order valence-corrected chi connectivity index (χ1v) is 7.43.